The minimum absolute atomic E-state index is 0.0959. The molecule has 0 aliphatic carbocycles. The minimum Gasteiger partial charge on any atom is -0.496 e. The molecule has 0 radical (unpaired) electrons. The summed E-state index contributed by atoms with van der Waals surface area (Å²) < 4.78 is 26.5. The lowest BCUT2D eigenvalue weighted by molar-refractivity contribution is 0.0689. The number of carboxylic acid groups (broad SMARTS) is 1. The van der Waals surface area contributed by atoms with Gasteiger partial charge in [0.1, 0.15) is 17.2 Å². The predicted octanol–water partition coefficient (Wildman–Crippen LogP) is 3.01. The Morgan fingerprint density at radius 3 is 2.26 bits per heavy atom. The Kier molecular flexibility index (Phi) is 4.31. The molecule has 7 heteroatoms. The number of carbonyl (C=O) groups is 1. The van der Waals surface area contributed by atoms with Gasteiger partial charge in [0.05, 0.1) is 19.9 Å². The van der Waals surface area contributed by atoms with Crippen LogP contribution < -0.4 is 9.47 Å². The second-order valence-corrected chi connectivity index (χ2v) is 5.57. The number of aryl methyl sites for hydroxylation is 1. The van der Waals surface area contributed by atoms with Crippen LogP contribution in [0.5, 0.6) is 11.5 Å². The second-order valence-electron chi connectivity index (χ2n) is 5.57. The number of hydrogen-bond donors (Lipinski definition) is 1. The van der Waals surface area contributed by atoms with E-state index < -0.39 is 11.6 Å². The molecule has 0 amide bonds. The van der Waals surface area contributed by atoms with Crippen molar-refractivity contribution in [2.45, 2.75) is 19.5 Å². The summed E-state index contributed by atoms with van der Waals surface area (Å²) >= 11 is 0. The summed E-state index contributed by atoms with van der Waals surface area (Å²) in [5, 5.41) is 13.0. The number of benzene rings is 1. The van der Waals surface area contributed by atoms with Gasteiger partial charge in [0.2, 0.25) is 0 Å². The number of halogens is 1. The van der Waals surface area contributed by atoms with Crippen molar-refractivity contribution in [1.29, 1.82) is 0 Å². The normalized spacial score (nSPS) is 11.4. The van der Waals surface area contributed by atoms with Crippen LogP contribution in [-0.2, 0) is 12.7 Å². The van der Waals surface area contributed by atoms with Crippen LogP contribution >= 0.6 is 0 Å². The lowest BCUT2D eigenvalue weighted by Gasteiger charge is -2.21. The zero-order chi connectivity index (χ0) is 17.4. The van der Waals surface area contributed by atoms with E-state index in [-0.39, 0.29) is 5.69 Å². The van der Waals surface area contributed by atoms with Crippen molar-refractivity contribution in [2.75, 3.05) is 14.2 Å². The SMILES string of the molecule is COc1cc(OC)c(C(C)(C)F)cc1-c1cc(C(=O)O)nn1C. The highest BCUT2D eigenvalue weighted by atomic mass is 19.1. The summed E-state index contributed by atoms with van der Waals surface area (Å²) in [4.78, 5) is 11.1. The van der Waals surface area contributed by atoms with Crippen LogP contribution in [0, 0.1) is 0 Å². The van der Waals surface area contributed by atoms with Crippen LogP contribution in [0.3, 0.4) is 0 Å². The van der Waals surface area contributed by atoms with Crippen LogP contribution in [0.4, 0.5) is 4.39 Å². The van der Waals surface area contributed by atoms with Crippen LogP contribution in [0.1, 0.15) is 29.9 Å². The number of carboxylic acids is 1. The Hall–Kier alpha value is -2.57. The van der Waals surface area contributed by atoms with Gasteiger partial charge in [-0.3, -0.25) is 4.68 Å². The van der Waals surface area contributed by atoms with Gasteiger partial charge in [-0.1, -0.05) is 0 Å². The largest absolute Gasteiger partial charge is 0.496 e. The number of alkyl halides is 1. The summed E-state index contributed by atoms with van der Waals surface area (Å²) in [6.45, 7) is 2.85. The first-order valence-electron chi connectivity index (χ1n) is 6.92. The lowest BCUT2D eigenvalue weighted by Crippen LogP contribution is -2.12. The summed E-state index contributed by atoms with van der Waals surface area (Å²) in [7, 11) is 4.55. The average molecular weight is 322 g/mol. The molecular formula is C16H19FN2O4. The van der Waals surface area contributed by atoms with Gasteiger partial charge in [0, 0.05) is 24.2 Å². The monoisotopic (exact) mass is 322 g/mol. The van der Waals surface area contributed by atoms with Gasteiger partial charge in [0.25, 0.3) is 0 Å². The van der Waals surface area contributed by atoms with E-state index in [2.05, 4.69) is 5.10 Å². The van der Waals surface area contributed by atoms with Gasteiger partial charge in [-0.25, -0.2) is 9.18 Å². The van der Waals surface area contributed by atoms with Gasteiger partial charge in [-0.15, -0.1) is 0 Å². The summed E-state index contributed by atoms with van der Waals surface area (Å²) in [6.07, 6.45) is 0. The van der Waals surface area contributed by atoms with Crippen molar-refractivity contribution in [3.8, 4) is 22.8 Å². The Morgan fingerprint density at radius 2 is 1.83 bits per heavy atom. The van der Waals surface area contributed by atoms with E-state index in [0.717, 1.165) is 0 Å². The van der Waals surface area contributed by atoms with E-state index in [1.165, 1.54) is 38.8 Å². The van der Waals surface area contributed by atoms with Crippen molar-refractivity contribution in [3.05, 3.63) is 29.5 Å². The molecule has 2 rings (SSSR count). The zero-order valence-corrected chi connectivity index (χ0v) is 13.7. The molecule has 1 heterocycles. The number of ether oxygens (including phenoxy) is 2. The fraction of sp³-hybridized carbons (Fsp3) is 0.375. The molecule has 23 heavy (non-hydrogen) atoms. The topological polar surface area (TPSA) is 73.6 Å². The maximum absolute atomic E-state index is 14.5. The van der Waals surface area contributed by atoms with Crippen LogP contribution in [-0.4, -0.2) is 35.1 Å². The molecule has 1 N–H and O–H groups in total. The van der Waals surface area contributed by atoms with E-state index in [0.29, 0.717) is 28.3 Å². The van der Waals surface area contributed by atoms with Crippen molar-refractivity contribution >= 4 is 5.97 Å². The fourth-order valence-corrected chi connectivity index (χ4v) is 2.39. The lowest BCUT2D eigenvalue weighted by atomic mass is 9.95. The van der Waals surface area contributed by atoms with E-state index in [9.17, 15) is 9.18 Å². The van der Waals surface area contributed by atoms with Gasteiger partial charge >= 0.3 is 5.97 Å². The minimum atomic E-state index is -1.64. The van der Waals surface area contributed by atoms with Gasteiger partial charge in [-0.05, 0) is 26.0 Å². The quantitative estimate of drug-likeness (QED) is 0.916. The van der Waals surface area contributed by atoms with Gasteiger partial charge in [0.15, 0.2) is 5.69 Å². The Balaban J connectivity index is 2.73. The molecule has 0 bridgehead atoms. The van der Waals surface area contributed by atoms with Crippen molar-refractivity contribution in [2.24, 2.45) is 7.05 Å². The maximum atomic E-state index is 14.5. The number of rotatable bonds is 5. The van der Waals surface area contributed by atoms with Crippen LogP contribution in [0.2, 0.25) is 0 Å². The van der Waals surface area contributed by atoms with Crippen LogP contribution in [0.25, 0.3) is 11.3 Å². The molecule has 124 valence electrons. The van der Waals surface area contributed by atoms with Crippen LogP contribution in [0.15, 0.2) is 18.2 Å². The van der Waals surface area contributed by atoms with Crippen molar-refractivity contribution < 1.29 is 23.8 Å². The molecule has 0 saturated heterocycles. The number of hydrogen-bond acceptors (Lipinski definition) is 4. The molecule has 0 atom stereocenters. The molecule has 1 aromatic heterocycles. The average Bonchev–Trinajstić information content (AvgIpc) is 2.86. The van der Waals surface area contributed by atoms with E-state index >= 15 is 0 Å². The highest BCUT2D eigenvalue weighted by Crippen LogP contribution is 2.41. The Morgan fingerprint density at radius 1 is 1.22 bits per heavy atom. The third-order valence-corrected chi connectivity index (χ3v) is 3.54. The molecular weight excluding hydrogens is 303 g/mol. The molecule has 1 aromatic carbocycles. The molecule has 0 unspecified atom stereocenters. The van der Waals surface area contributed by atoms with E-state index in [1.807, 2.05) is 0 Å². The first-order chi connectivity index (χ1) is 10.7. The van der Waals surface area contributed by atoms with Gasteiger partial charge < -0.3 is 14.6 Å². The fourth-order valence-electron chi connectivity index (χ4n) is 2.39. The highest BCUT2D eigenvalue weighted by molar-refractivity contribution is 5.87. The maximum Gasteiger partial charge on any atom is 0.356 e. The zero-order valence-electron chi connectivity index (χ0n) is 13.7. The number of nitrogens with zero attached hydrogens (tertiary/aromatic N) is 2. The van der Waals surface area contributed by atoms with E-state index in [4.69, 9.17) is 14.6 Å². The molecule has 2 aromatic rings. The molecule has 0 fully saturated rings. The highest BCUT2D eigenvalue weighted by Gasteiger charge is 2.27. The van der Waals surface area contributed by atoms with Gasteiger partial charge in [-0.2, -0.15) is 5.10 Å². The molecule has 0 aliphatic heterocycles. The summed E-state index contributed by atoms with van der Waals surface area (Å²) in [5.74, 6) is -0.334. The first-order valence-corrected chi connectivity index (χ1v) is 6.92. The molecule has 0 spiro atoms. The predicted molar refractivity (Wildman–Crippen MR) is 82.8 cm³/mol. The molecule has 0 saturated carbocycles. The molecule has 6 nitrogen and oxygen atoms in total. The number of aromatic carboxylic acids is 1. The van der Waals surface area contributed by atoms with Crippen molar-refractivity contribution in [1.82, 2.24) is 9.78 Å². The third-order valence-electron chi connectivity index (χ3n) is 3.54. The summed E-state index contributed by atoms with van der Waals surface area (Å²) in [6, 6.07) is 4.60. The number of methoxy groups -OCH3 is 2. The number of aromatic nitrogens is 2. The molecule has 0 aliphatic rings. The van der Waals surface area contributed by atoms with Crippen molar-refractivity contribution in [3.63, 3.8) is 0 Å². The Bertz CT molecular complexity index is 747. The Labute approximate surface area is 133 Å². The standard InChI is InChI=1S/C16H19FN2O4/c1-16(2,17)10-6-9(13(22-4)8-14(10)23-5)12-7-11(15(20)21)18-19(12)3/h6-8H,1-5H3,(H,20,21). The second kappa shape index (κ2) is 5.91. The third kappa shape index (κ3) is 3.13. The van der Waals surface area contributed by atoms with E-state index in [1.54, 1.807) is 19.2 Å². The smallest absolute Gasteiger partial charge is 0.356 e. The summed E-state index contributed by atoms with van der Waals surface area (Å²) in [5.41, 5.74) is -0.347. The first kappa shape index (κ1) is 16.8.